The van der Waals surface area contributed by atoms with Crippen LogP contribution in [0, 0.1) is 0 Å². The molecule has 2 atom stereocenters. The van der Waals surface area contributed by atoms with Gasteiger partial charge in [-0.15, -0.1) is 0 Å². The molecule has 9 nitrogen and oxygen atoms in total. The van der Waals surface area contributed by atoms with Crippen molar-refractivity contribution in [2.75, 3.05) is 19.4 Å². The average Bonchev–Trinajstić information content (AvgIpc) is 3.35. The quantitative estimate of drug-likeness (QED) is 0.323. The highest BCUT2D eigenvalue weighted by Gasteiger charge is 2.32. The van der Waals surface area contributed by atoms with Gasteiger partial charge >= 0.3 is 6.18 Å². The van der Waals surface area contributed by atoms with E-state index in [2.05, 4.69) is 15.6 Å². The predicted molar refractivity (Wildman–Crippen MR) is 149 cm³/mol. The van der Waals surface area contributed by atoms with Crippen molar-refractivity contribution in [2.24, 2.45) is 5.73 Å². The first-order valence-corrected chi connectivity index (χ1v) is 13.0. The Balaban J connectivity index is 1.80. The number of halogens is 3. The summed E-state index contributed by atoms with van der Waals surface area (Å²) in [7, 11) is 3.06. The minimum Gasteiger partial charge on any atom is -0.347 e. The number of carbonyl (C=O) groups excluding carboxylic acids is 3. The van der Waals surface area contributed by atoms with Crippen LogP contribution in [0.25, 0.3) is 0 Å². The lowest BCUT2D eigenvalue weighted by Crippen LogP contribution is -2.54. The predicted octanol–water partition coefficient (Wildman–Crippen LogP) is 3.76. The van der Waals surface area contributed by atoms with Gasteiger partial charge in [-0.1, -0.05) is 42.5 Å². The van der Waals surface area contributed by atoms with Crippen LogP contribution in [0.15, 0.2) is 67.1 Å². The van der Waals surface area contributed by atoms with E-state index in [1.807, 2.05) is 30.3 Å². The zero-order valence-electron chi connectivity index (χ0n) is 23.4. The second-order valence-corrected chi connectivity index (χ2v) is 10.6. The molecule has 12 heteroatoms. The van der Waals surface area contributed by atoms with Crippen LogP contribution in [0.1, 0.15) is 49.4 Å². The maximum absolute atomic E-state index is 13.2. The molecule has 1 heterocycles. The third-order valence-electron chi connectivity index (χ3n) is 6.39. The molecule has 3 aromatic rings. The molecular weight excluding hydrogens is 537 g/mol. The first-order valence-electron chi connectivity index (χ1n) is 13.0. The highest BCUT2D eigenvalue weighted by molar-refractivity contribution is 5.97. The Hall–Kier alpha value is -4.19. The fraction of sp³-hybridized carbons (Fsp3) is 0.379. The maximum atomic E-state index is 13.2. The molecule has 0 aliphatic carbocycles. The topological polar surface area (TPSA) is 122 Å². The van der Waals surface area contributed by atoms with E-state index >= 15 is 0 Å². The first kappa shape index (κ1) is 31.3. The van der Waals surface area contributed by atoms with Gasteiger partial charge in [-0.3, -0.25) is 14.4 Å². The van der Waals surface area contributed by atoms with Crippen molar-refractivity contribution >= 4 is 23.5 Å². The molecule has 0 radical (unpaired) electrons. The lowest BCUT2D eigenvalue weighted by atomic mass is 10.0. The van der Waals surface area contributed by atoms with E-state index < -0.39 is 47.1 Å². The molecule has 41 heavy (non-hydrogen) atoms. The van der Waals surface area contributed by atoms with Crippen molar-refractivity contribution in [3.8, 4) is 0 Å². The zero-order chi connectivity index (χ0) is 30.4. The molecule has 4 N–H and O–H groups in total. The maximum Gasteiger partial charge on any atom is 0.416 e. The summed E-state index contributed by atoms with van der Waals surface area (Å²) < 4.78 is 40.6. The van der Waals surface area contributed by atoms with Gasteiger partial charge in [0.2, 0.25) is 17.7 Å². The Morgan fingerprint density at radius 3 is 2.22 bits per heavy atom. The third-order valence-corrected chi connectivity index (χ3v) is 6.39. The van der Waals surface area contributed by atoms with Gasteiger partial charge in [-0.25, -0.2) is 4.98 Å². The number of anilines is 1. The summed E-state index contributed by atoms with van der Waals surface area (Å²) in [6.45, 7) is 3.07. The number of carbonyl (C=O) groups is 3. The van der Waals surface area contributed by atoms with Crippen LogP contribution < -0.4 is 16.4 Å². The standard InChI is InChI=1S/C29H35F3N6O3/c1-28(2,33)27(41)35-22(12-8-11-19-9-6-5-7-10-19)25(39)36-23-17-38(18-34-23)24(26(40)37(3)4)20-13-15-21(16-14-20)29(30,31)32/h5-7,9-10,13-18,22,24H,8,11-12,33H2,1-4H3,(H,35,41)(H,36,39)/t22-,24?/m1/s1. The number of likely N-dealkylation sites (N-methyl/N-ethyl adjacent to an activating group) is 1. The van der Waals surface area contributed by atoms with E-state index in [4.69, 9.17) is 5.73 Å². The number of hydrogen-bond donors (Lipinski definition) is 3. The largest absolute Gasteiger partial charge is 0.416 e. The van der Waals surface area contributed by atoms with Gasteiger partial charge in [0.15, 0.2) is 5.82 Å². The number of amides is 3. The summed E-state index contributed by atoms with van der Waals surface area (Å²) in [6, 6.07) is 12.1. The van der Waals surface area contributed by atoms with Gasteiger partial charge in [0.25, 0.3) is 0 Å². The SMILES string of the molecule is CN(C)C(=O)C(c1ccc(C(F)(F)F)cc1)n1cnc(NC(=O)[C@@H](CCCc2ccccc2)NC(=O)C(C)(C)N)c1. The molecular formula is C29H35F3N6O3. The number of nitrogens with two attached hydrogens (primary N) is 1. The first-order chi connectivity index (χ1) is 19.2. The number of aryl methyl sites for hydroxylation is 1. The number of imidazole rings is 1. The smallest absolute Gasteiger partial charge is 0.347 e. The van der Waals surface area contributed by atoms with Gasteiger partial charge < -0.3 is 25.8 Å². The summed E-state index contributed by atoms with van der Waals surface area (Å²) in [4.78, 5) is 44.4. The number of aromatic nitrogens is 2. The minimum absolute atomic E-state index is 0.104. The minimum atomic E-state index is -4.52. The Kier molecular flexibility index (Phi) is 9.92. The molecule has 3 amide bonds. The molecule has 1 aromatic heterocycles. The molecule has 0 aliphatic rings. The van der Waals surface area contributed by atoms with Crippen molar-refractivity contribution in [1.29, 1.82) is 0 Å². The Labute approximate surface area is 236 Å². The zero-order valence-corrected chi connectivity index (χ0v) is 23.4. The molecule has 0 bridgehead atoms. The van der Waals surface area contributed by atoms with Crippen LogP contribution in [0.5, 0.6) is 0 Å². The molecule has 1 unspecified atom stereocenters. The second-order valence-electron chi connectivity index (χ2n) is 10.6. The van der Waals surface area contributed by atoms with Crippen LogP contribution in [0.4, 0.5) is 19.0 Å². The number of nitrogens with one attached hydrogen (secondary N) is 2. The number of nitrogens with zero attached hydrogens (tertiary/aromatic N) is 3. The molecule has 0 saturated heterocycles. The van der Waals surface area contributed by atoms with Gasteiger partial charge in [0.1, 0.15) is 12.1 Å². The summed E-state index contributed by atoms with van der Waals surface area (Å²) in [5, 5.41) is 5.38. The number of rotatable bonds is 11. The van der Waals surface area contributed by atoms with Crippen molar-refractivity contribution in [3.05, 3.63) is 83.8 Å². The van der Waals surface area contributed by atoms with E-state index in [1.165, 1.54) is 62.1 Å². The van der Waals surface area contributed by atoms with Crippen molar-refractivity contribution in [2.45, 2.75) is 56.9 Å². The summed E-state index contributed by atoms with van der Waals surface area (Å²) >= 11 is 0. The van der Waals surface area contributed by atoms with E-state index in [0.29, 0.717) is 24.8 Å². The van der Waals surface area contributed by atoms with Crippen molar-refractivity contribution in [1.82, 2.24) is 19.8 Å². The van der Waals surface area contributed by atoms with Gasteiger partial charge in [-0.05, 0) is 56.4 Å². The normalized spacial score (nSPS) is 13.3. The molecule has 0 spiro atoms. The van der Waals surface area contributed by atoms with E-state index in [-0.39, 0.29) is 5.82 Å². The fourth-order valence-electron chi connectivity index (χ4n) is 4.07. The monoisotopic (exact) mass is 572 g/mol. The number of alkyl halides is 3. The molecule has 0 fully saturated rings. The fourth-order valence-corrected chi connectivity index (χ4v) is 4.07. The summed E-state index contributed by atoms with van der Waals surface area (Å²) in [5.74, 6) is -1.32. The van der Waals surface area contributed by atoms with Crippen LogP contribution in [-0.2, 0) is 27.0 Å². The number of benzene rings is 2. The Morgan fingerprint density at radius 2 is 1.66 bits per heavy atom. The van der Waals surface area contributed by atoms with Gasteiger partial charge in [0.05, 0.1) is 17.4 Å². The highest BCUT2D eigenvalue weighted by Crippen LogP contribution is 2.31. The molecule has 0 aliphatic heterocycles. The lowest BCUT2D eigenvalue weighted by molar-refractivity contribution is -0.137. The molecule has 220 valence electrons. The van der Waals surface area contributed by atoms with Crippen molar-refractivity contribution in [3.63, 3.8) is 0 Å². The lowest BCUT2D eigenvalue weighted by Gasteiger charge is -2.24. The summed E-state index contributed by atoms with van der Waals surface area (Å²) in [5.41, 5.74) is 5.28. The van der Waals surface area contributed by atoms with E-state index in [9.17, 15) is 27.6 Å². The van der Waals surface area contributed by atoms with Crippen LogP contribution in [0.3, 0.4) is 0 Å². The second kappa shape index (κ2) is 13.0. The Morgan fingerprint density at radius 1 is 1.02 bits per heavy atom. The van der Waals surface area contributed by atoms with Crippen molar-refractivity contribution < 1.29 is 27.6 Å². The highest BCUT2D eigenvalue weighted by atomic mass is 19.4. The average molecular weight is 573 g/mol. The van der Waals surface area contributed by atoms with E-state index in [1.54, 1.807) is 0 Å². The van der Waals surface area contributed by atoms with Crippen LogP contribution in [-0.4, -0.2) is 57.8 Å². The third kappa shape index (κ3) is 8.65. The summed E-state index contributed by atoms with van der Waals surface area (Å²) in [6.07, 6.45) is -0.158. The van der Waals surface area contributed by atoms with Crippen LogP contribution in [0.2, 0.25) is 0 Å². The van der Waals surface area contributed by atoms with E-state index in [0.717, 1.165) is 17.7 Å². The molecule has 3 rings (SSSR count). The van der Waals surface area contributed by atoms with Gasteiger partial charge in [0, 0.05) is 20.3 Å². The Bertz CT molecular complexity index is 1330. The molecule has 0 saturated carbocycles. The van der Waals surface area contributed by atoms with Crippen LogP contribution >= 0.6 is 0 Å². The molecule has 2 aromatic carbocycles. The van der Waals surface area contributed by atoms with Gasteiger partial charge in [-0.2, -0.15) is 13.2 Å². The number of hydrogen-bond acceptors (Lipinski definition) is 5.